The lowest BCUT2D eigenvalue weighted by Gasteiger charge is -2.31. The lowest BCUT2D eigenvalue weighted by molar-refractivity contribution is 0.170. The molecule has 1 saturated heterocycles. The van der Waals surface area contributed by atoms with Gasteiger partial charge in [-0.2, -0.15) is 4.31 Å². The molecule has 2 aliphatic heterocycles. The average molecular weight is 572 g/mol. The number of hydrogen-bond acceptors (Lipinski definition) is 9. The number of aliphatic hydroxyl groups is 1. The molecule has 1 fully saturated rings. The van der Waals surface area contributed by atoms with E-state index in [2.05, 4.69) is 27.9 Å². The van der Waals surface area contributed by atoms with E-state index in [1.165, 1.54) is 9.87 Å². The van der Waals surface area contributed by atoms with E-state index in [0.717, 1.165) is 66.1 Å². The number of aromatic nitrogens is 3. The molecule has 3 aromatic rings. The molecule has 0 spiro atoms. The van der Waals surface area contributed by atoms with Gasteiger partial charge in [-0.05, 0) is 41.5 Å². The molecular weight excluding hydrogens is 534 g/mol. The van der Waals surface area contributed by atoms with Gasteiger partial charge < -0.3 is 14.7 Å². The third-order valence-electron chi connectivity index (χ3n) is 7.34. The Kier molecular flexibility index (Phi) is 8.80. The first kappa shape index (κ1) is 27.9. The van der Waals surface area contributed by atoms with Crippen LogP contribution in [0, 0.1) is 5.92 Å². The van der Waals surface area contributed by atoms with Gasteiger partial charge in [-0.25, -0.2) is 23.4 Å². The maximum absolute atomic E-state index is 12.7. The van der Waals surface area contributed by atoms with Crippen LogP contribution in [0.15, 0.2) is 36.7 Å². The summed E-state index contributed by atoms with van der Waals surface area (Å²) in [5.74, 6) is 0.477. The summed E-state index contributed by atoms with van der Waals surface area (Å²) >= 11 is 1.56. The second-order valence-electron chi connectivity index (χ2n) is 10.5. The van der Waals surface area contributed by atoms with Crippen LogP contribution in [0.5, 0.6) is 5.19 Å². The van der Waals surface area contributed by atoms with Crippen LogP contribution in [0.1, 0.15) is 50.7 Å². The van der Waals surface area contributed by atoms with E-state index in [1.54, 1.807) is 18.3 Å². The molecule has 1 N–H and O–H groups in total. The highest BCUT2D eigenvalue weighted by Gasteiger charge is 2.27. The molecule has 210 valence electrons. The first-order valence-corrected chi connectivity index (χ1v) is 16.2. The number of piperidine rings is 1. The van der Waals surface area contributed by atoms with Gasteiger partial charge in [-0.3, -0.25) is 0 Å². The predicted octanol–water partition coefficient (Wildman–Crippen LogP) is 4.13. The molecule has 11 heteroatoms. The normalized spacial score (nSPS) is 18.3. The Labute approximate surface area is 234 Å². The summed E-state index contributed by atoms with van der Waals surface area (Å²) in [5.41, 5.74) is 4.31. The molecule has 0 bridgehead atoms. The molecule has 0 unspecified atom stereocenters. The number of nitrogens with zero attached hydrogens (tertiary/aromatic N) is 5. The molecule has 0 aliphatic carbocycles. The Morgan fingerprint density at radius 3 is 2.62 bits per heavy atom. The Balaban J connectivity index is 1.22. The number of rotatable bonds is 10. The van der Waals surface area contributed by atoms with Gasteiger partial charge in [0.25, 0.3) is 5.19 Å². The summed E-state index contributed by atoms with van der Waals surface area (Å²) in [5, 5.41) is 9.93. The number of sulfonamides is 1. The fourth-order valence-electron chi connectivity index (χ4n) is 5.14. The van der Waals surface area contributed by atoms with Crippen LogP contribution in [0.3, 0.4) is 0 Å². The Morgan fingerprint density at radius 1 is 1.18 bits per heavy atom. The van der Waals surface area contributed by atoms with Crippen LogP contribution >= 0.6 is 11.3 Å². The van der Waals surface area contributed by atoms with E-state index in [9.17, 15) is 13.5 Å². The summed E-state index contributed by atoms with van der Waals surface area (Å²) < 4.78 is 34.3. The summed E-state index contributed by atoms with van der Waals surface area (Å²) in [6.45, 7) is 6.24. The van der Waals surface area contributed by atoms with Gasteiger partial charge in [0.2, 0.25) is 16.0 Å². The second-order valence-corrected chi connectivity index (χ2v) is 13.5. The van der Waals surface area contributed by atoms with E-state index >= 15 is 0 Å². The van der Waals surface area contributed by atoms with Crippen molar-refractivity contribution in [1.82, 2.24) is 19.3 Å². The quantitative estimate of drug-likeness (QED) is 0.387. The van der Waals surface area contributed by atoms with Crippen molar-refractivity contribution in [3.05, 3.63) is 47.8 Å². The van der Waals surface area contributed by atoms with Crippen molar-refractivity contribution in [1.29, 1.82) is 0 Å². The van der Waals surface area contributed by atoms with Gasteiger partial charge in [0.05, 0.1) is 16.0 Å². The van der Waals surface area contributed by atoms with Crippen molar-refractivity contribution in [3.63, 3.8) is 0 Å². The van der Waals surface area contributed by atoms with Gasteiger partial charge >= 0.3 is 0 Å². The highest BCUT2D eigenvalue weighted by atomic mass is 32.2. The topological polar surface area (TPSA) is 109 Å². The molecule has 5 rings (SSSR count). The van der Waals surface area contributed by atoms with Crippen LogP contribution in [-0.2, 0) is 16.4 Å². The minimum Gasteiger partial charge on any atom is -0.467 e. The highest BCUT2D eigenvalue weighted by molar-refractivity contribution is 7.89. The first-order valence-electron chi connectivity index (χ1n) is 13.8. The van der Waals surface area contributed by atoms with E-state index in [1.807, 2.05) is 30.6 Å². The number of aliphatic hydroxyl groups excluding tert-OH is 1. The maximum Gasteiger partial charge on any atom is 0.274 e. The molecule has 0 saturated carbocycles. The summed E-state index contributed by atoms with van der Waals surface area (Å²) in [4.78, 5) is 16.1. The number of anilines is 1. The van der Waals surface area contributed by atoms with Gasteiger partial charge in [0, 0.05) is 58.0 Å². The Hall–Kier alpha value is -2.60. The van der Waals surface area contributed by atoms with Crippen LogP contribution in [0.25, 0.3) is 15.8 Å². The molecule has 1 atom stereocenters. The van der Waals surface area contributed by atoms with Gasteiger partial charge in [0.15, 0.2) is 0 Å². The minimum absolute atomic E-state index is 0.0327. The van der Waals surface area contributed by atoms with Crippen molar-refractivity contribution < 1.29 is 18.3 Å². The molecule has 9 nitrogen and oxygen atoms in total. The van der Waals surface area contributed by atoms with Crippen molar-refractivity contribution in [3.8, 4) is 5.19 Å². The van der Waals surface area contributed by atoms with Crippen LogP contribution in [0.2, 0.25) is 0 Å². The van der Waals surface area contributed by atoms with Crippen molar-refractivity contribution in [2.75, 3.05) is 43.4 Å². The van der Waals surface area contributed by atoms with Crippen molar-refractivity contribution in [2.24, 2.45) is 5.92 Å². The van der Waals surface area contributed by atoms with Gasteiger partial charge in [-0.15, -0.1) is 0 Å². The molecule has 1 aromatic carbocycles. The number of thiazole rings is 1. The van der Waals surface area contributed by atoms with Crippen LogP contribution < -0.4 is 9.64 Å². The zero-order chi connectivity index (χ0) is 27.4. The Morgan fingerprint density at radius 2 is 1.95 bits per heavy atom. The Bertz CT molecular complexity index is 1400. The van der Waals surface area contributed by atoms with E-state index < -0.39 is 10.0 Å². The molecule has 0 radical (unpaired) electrons. The standard InChI is InChI=1S/C28H37N5O4S2/c1-3-5-21-16-29-27(30-17-21)32-12-10-23(11-13-32)37-28-31-25-7-4-6-24(26(25)38-28)22-8-14-33(15-9-22)39(35,36)19-20(2)18-34/h4,6-8,16-17,20,23,34H,3,5,9-15,18-19H2,1-2H3/t20-/m0/s1. The predicted molar refractivity (Wildman–Crippen MR) is 156 cm³/mol. The van der Waals surface area contributed by atoms with E-state index in [0.29, 0.717) is 24.7 Å². The summed E-state index contributed by atoms with van der Waals surface area (Å²) in [6, 6.07) is 6.08. The van der Waals surface area contributed by atoms with Crippen molar-refractivity contribution >= 4 is 43.1 Å². The molecule has 4 heterocycles. The number of ether oxygens (including phenoxy) is 1. The fourth-order valence-corrected chi connectivity index (χ4v) is 7.88. The van der Waals surface area contributed by atoms with Gasteiger partial charge in [0.1, 0.15) is 6.10 Å². The SMILES string of the molecule is CCCc1cnc(N2CCC(Oc3nc4cccc(C5=CCN(S(=O)(=O)C[C@@H](C)CO)CC5)c4s3)CC2)nc1. The lowest BCUT2D eigenvalue weighted by atomic mass is 10.00. The maximum atomic E-state index is 12.7. The highest BCUT2D eigenvalue weighted by Crippen LogP contribution is 2.37. The monoisotopic (exact) mass is 571 g/mol. The number of fused-ring (bicyclic) bond motifs is 1. The average Bonchev–Trinajstić information content (AvgIpc) is 3.36. The molecule has 2 aromatic heterocycles. The van der Waals surface area contributed by atoms with E-state index in [4.69, 9.17) is 9.72 Å². The van der Waals surface area contributed by atoms with Crippen LogP contribution in [0.4, 0.5) is 5.95 Å². The smallest absolute Gasteiger partial charge is 0.274 e. The second kappa shape index (κ2) is 12.3. The zero-order valence-corrected chi connectivity index (χ0v) is 24.3. The first-order chi connectivity index (χ1) is 18.9. The third-order valence-corrected chi connectivity index (χ3v) is 10.4. The van der Waals surface area contributed by atoms with E-state index in [-0.39, 0.29) is 24.4 Å². The van der Waals surface area contributed by atoms with Gasteiger partial charge in [-0.1, -0.05) is 49.8 Å². The lowest BCUT2D eigenvalue weighted by Crippen LogP contribution is -2.39. The molecule has 39 heavy (non-hydrogen) atoms. The molecule has 2 aliphatic rings. The number of hydrogen-bond donors (Lipinski definition) is 1. The van der Waals surface area contributed by atoms with Crippen molar-refractivity contribution in [2.45, 2.75) is 52.1 Å². The minimum atomic E-state index is -3.39. The third kappa shape index (κ3) is 6.59. The number of aryl methyl sites for hydroxylation is 1. The molecular formula is C28H37N5O4S2. The zero-order valence-electron chi connectivity index (χ0n) is 22.6. The largest absolute Gasteiger partial charge is 0.467 e. The van der Waals surface area contributed by atoms with Crippen LogP contribution in [-0.4, -0.2) is 77.4 Å². The fraction of sp³-hybridized carbons (Fsp3) is 0.536. The summed E-state index contributed by atoms with van der Waals surface area (Å²) in [6.07, 6.45) is 10.5. The number of benzene rings is 1. The molecule has 0 amide bonds. The summed E-state index contributed by atoms with van der Waals surface area (Å²) in [7, 11) is -3.39.